The second kappa shape index (κ2) is 7.22. The maximum absolute atomic E-state index is 11.6. The summed E-state index contributed by atoms with van der Waals surface area (Å²) < 4.78 is 0. The lowest BCUT2D eigenvalue weighted by Gasteiger charge is -2.18. The zero-order chi connectivity index (χ0) is 12.5. The minimum absolute atomic E-state index is 0.128. The minimum atomic E-state index is -0.128. The molecule has 4 heteroatoms. The molecule has 0 saturated heterocycles. The van der Waals surface area contributed by atoms with Crippen molar-refractivity contribution in [2.75, 3.05) is 13.7 Å². The average Bonchev–Trinajstić information content (AvgIpc) is 2.38. The summed E-state index contributed by atoms with van der Waals surface area (Å²) in [4.78, 5) is 17.8. The van der Waals surface area contributed by atoms with Gasteiger partial charge in [0.25, 0.3) is 0 Å². The molecular formula is C13H16N2O2. The number of hydrogen-bond acceptors (Lipinski definition) is 3. The molecule has 0 fully saturated rings. The Kier molecular flexibility index (Phi) is 5.51. The Hall–Kier alpha value is -2.10. The molecule has 0 spiro atoms. The second-order valence-electron chi connectivity index (χ2n) is 3.38. The molecule has 0 N–H and O–H groups in total. The van der Waals surface area contributed by atoms with Crippen molar-refractivity contribution in [1.29, 1.82) is 0 Å². The second-order valence-corrected chi connectivity index (χ2v) is 3.38. The van der Waals surface area contributed by atoms with Gasteiger partial charge in [0, 0.05) is 6.54 Å². The van der Waals surface area contributed by atoms with Gasteiger partial charge < -0.3 is 9.74 Å². The fraction of sp³-hybridized carbons (Fsp3) is 0.231. The van der Waals surface area contributed by atoms with Crippen LogP contribution in [0.15, 0.2) is 48.1 Å². The summed E-state index contributed by atoms with van der Waals surface area (Å²) in [6, 6.07) is 9.76. The molecule has 0 aliphatic carbocycles. The molecule has 1 amide bonds. The van der Waals surface area contributed by atoms with E-state index in [0.29, 0.717) is 13.1 Å². The molecule has 0 bridgehead atoms. The number of amides is 1. The Morgan fingerprint density at radius 1 is 1.47 bits per heavy atom. The topological polar surface area (TPSA) is 41.9 Å². The molecule has 0 saturated carbocycles. The van der Waals surface area contributed by atoms with Crippen LogP contribution in [-0.4, -0.2) is 30.7 Å². The van der Waals surface area contributed by atoms with E-state index >= 15 is 0 Å². The summed E-state index contributed by atoms with van der Waals surface area (Å²) in [5, 5.41) is 3.62. The molecule has 0 atom stereocenters. The molecule has 1 aromatic rings. The van der Waals surface area contributed by atoms with Crippen molar-refractivity contribution < 1.29 is 9.63 Å². The van der Waals surface area contributed by atoms with Crippen molar-refractivity contribution in [1.82, 2.24) is 4.90 Å². The van der Waals surface area contributed by atoms with Crippen molar-refractivity contribution in [3.63, 3.8) is 0 Å². The van der Waals surface area contributed by atoms with Crippen LogP contribution >= 0.6 is 0 Å². The standard InChI is InChI=1S/C13H16N2O2/c1-3-13(16)15(10-9-14-17-2)11-12-7-5-4-6-8-12/h3-9H,1,10-11H2,2H3/b14-9+. The van der Waals surface area contributed by atoms with Crippen LogP contribution < -0.4 is 0 Å². The Balaban J connectivity index is 2.67. The molecule has 0 aliphatic heterocycles. The van der Waals surface area contributed by atoms with Crippen molar-refractivity contribution in [3.05, 3.63) is 48.6 Å². The van der Waals surface area contributed by atoms with Crippen LogP contribution in [-0.2, 0) is 16.2 Å². The highest BCUT2D eigenvalue weighted by Gasteiger charge is 2.09. The van der Waals surface area contributed by atoms with Crippen molar-refractivity contribution in [2.24, 2.45) is 5.16 Å². The highest BCUT2D eigenvalue weighted by Crippen LogP contribution is 2.04. The average molecular weight is 232 g/mol. The molecular weight excluding hydrogens is 216 g/mol. The van der Waals surface area contributed by atoms with Gasteiger partial charge in [0.1, 0.15) is 7.11 Å². The lowest BCUT2D eigenvalue weighted by molar-refractivity contribution is -0.125. The molecule has 4 nitrogen and oxygen atoms in total. The summed E-state index contributed by atoms with van der Waals surface area (Å²) in [5.41, 5.74) is 1.06. The van der Waals surface area contributed by atoms with Gasteiger partial charge in [-0.2, -0.15) is 0 Å². The number of benzene rings is 1. The lowest BCUT2D eigenvalue weighted by Crippen LogP contribution is -2.30. The number of carbonyl (C=O) groups excluding carboxylic acids is 1. The SMILES string of the molecule is C=CC(=O)N(C/C=N/OC)Cc1ccccc1. The van der Waals surface area contributed by atoms with Crippen LogP contribution in [0.5, 0.6) is 0 Å². The third kappa shape index (κ3) is 4.51. The third-order valence-corrected chi connectivity index (χ3v) is 2.18. The van der Waals surface area contributed by atoms with Gasteiger partial charge in [-0.05, 0) is 11.6 Å². The van der Waals surface area contributed by atoms with E-state index in [0.717, 1.165) is 5.56 Å². The van der Waals surface area contributed by atoms with Crippen molar-refractivity contribution in [2.45, 2.75) is 6.54 Å². The summed E-state index contributed by atoms with van der Waals surface area (Å²) in [7, 11) is 1.47. The highest BCUT2D eigenvalue weighted by molar-refractivity contribution is 5.88. The molecule has 0 radical (unpaired) electrons. The molecule has 0 unspecified atom stereocenters. The Bertz CT molecular complexity index is 388. The van der Waals surface area contributed by atoms with Gasteiger partial charge in [0.15, 0.2) is 0 Å². The predicted octanol–water partition coefficient (Wildman–Crippen LogP) is 1.83. The van der Waals surface area contributed by atoms with Gasteiger partial charge >= 0.3 is 0 Å². The van der Waals surface area contributed by atoms with Gasteiger partial charge in [-0.25, -0.2) is 0 Å². The quantitative estimate of drug-likeness (QED) is 0.426. The molecule has 0 aromatic heterocycles. The van der Waals surface area contributed by atoms with E-state index in [1.165, 1.54) is 13.2 Å². The van der Waals surface area contributed by atoms with Crippen LogP contribution in [0.4, 0.5) is 0 Å². The molecule has 0 heterocycles. The Morgan fingerprint density at radius 2 is 2.18 bits per heavy atom. The fourth-order valence-electron chi connectivity index (χ4n) is 1.37. The minimum Gasteiger partial charge on any atom is -0.399 e. The molecule has 0 aliphatic rings. The molecule has 17 heavy (non-hydrogen) atoms. The summed E-state index contributed by atoms with van der Waals surface area (Å²) >= 11 is 0. The highest BCUT2D eigenvalue weighted by atomic mass is 16.6. The van der Waals surface area contributed by atoms with E-state index in [1.807, 2.05) is 30.3 Å². The normalized spacial score (nSPS) is 10.2. The summed E-state index contributed by atoms with van der Waals surface area (Å²) in [6.07, 6.45) is 2.84. The number of oxime groups is 1. The number of rotatable bonds is 6. The van der Waals surface area contributed by atoms with E-state index in [9.17, 15) is 4.79 Å². The predicted molar refractivity (Wildman–Crippen MR) is 67.6 cm³/mol. The van der Waals surface area contributed by atoms with E-state index in [-0.39, 0.29) is 5.91 Å². The zero-order valence-corrected chi connectivity index (χ0v) is 9.87. The van der Waals surface area contributed by atoms with Crippen LogP contribution in [0.2, 0.25) is 0 Å². The zero-order valence-electron chi connectivity index (χ0n) is 9.87. The first-order valence-electron chi connectivity index (χ1n) is 5.28. The van der Waals surface area contributed by atoms with Crippen LogP contribution in [0.25, 0.3) is 0 Å². The Morgan fingerprint density at radius 3 is 2.76 bits per heavy atom. The fourth-order valence-corrected chi connectivity index (χ4v) is 1.37. The number of nitrogens with zero attached hydrogens (tertiary/aromatic N) is 2. The molecule has 90 valence electrons. The lowest BCUT2D eigenvalue weighted by atomic mass is 10.2. The largest absolute Gasteiger partial charge is 0.399 e. The third-order valence-electron chi connectivity index (χ3n) is 2.18. The van der Waals surface area contributed by atoms with Gasteiger partial charge in [-0.15, -0.1) is 0 Å². The first-order chi connectivity index (χ1) is 8.27. The Labute approximate surface area is 101 Å². The van der Waals surface area contributed by atoms with E-state index in [4.69, 9.17) is 0 Å². The maximum atomic E-state index is 11.6. The van der Waals surface area contributed by atoms with E-state index in [2.05, 4.69) is 16.6 Å². The van der Waals surface area contributed by atoms with Crippen molar-refractivity contribution >= 4 is 12.1 Å². The van der Waals surface area contributed by atoms with Gasteiger partial charge in [-0.1, -0.05) is 42.1 Å². The summed E-state index contributed by atoms with van der Waals surface area (Å²) in [6.45, 7) is 4.41. The molecule has 1 rings (SSSR count). The number of hydrogen-bond donors (Lipinski definition) is 0. The van der Waals surface area contributed by atoms with Crippen LogP contribution in [0.3, 0.4) is 0 Å². The smallest absolute Gasteiger partial charge is 0.246 e. The maximum Gasteiger partial charge on any atom is 0.246 e. The van der Waals surface area contributed by atoms with Crippen LogP contribution in [0, 0.1) is 0 Å². The summed E-state index contributed by atoms with van der Waals surface area (Å²) in [5.74, 6) is -0.128. The number of carbonyl (C=O) groups is 1. The van der Waals surface area contributed by atoms with E-state index in [1.54, 1.807) is 11.1 Å². The monoisotopic (exact) mass is 232 g/mol. The van der Waals surface area contributed by atoms with E-state index < -0.39 is 0 Å². The van der Waals surface area contributed by atoms with Crippen molar-refractivity contribution in [3.8, 4) is 0 Å². The van der Waals surface area contributed by atoms with Gasteiger partial charge in [0.2, 0.25) is 5.91 Å². The first kappa shape index (κ1) is 13.0. The van der Waals surface area contributed by atoms with Gasteiger partial charge in [-0.3, -0.25) is 4.79 Å². The molecule has 1 aromatic carbocycles. The first-order valence-corrected chi connectivity index (χ1v) is 5.28. The van der Waals surface area contributed by atoms with Crippen LogP contribution in [0.1, 0.15) is 5.56 Å². The van der Waals surface area contributed by atoms with Gasteiger partial charge in [0.05, 0.1) is 12.8 Å².